The topological polar surface area (TPSA) is 82.5 Å². The van der Waals surface area contributed by atoms with Crippen LogP contribution in [0, 0.1) is 0 Å². The van der Waals surface area contributed by atoms with Gasteiger partial charge >= 0.3 is 0 Å². The van der Waals surface area contributed by atoms with Crippen molar-refractivity contribution >= 4 is 44.7 Å². The zero-order valence-corrected chi connectivity index (χ0v) is 17.0. The molecule has 0 bridgehead atoms. The van der Waals surface area contributed by atoms with Crippen molar-refractivity contribution in [1.29, 1.82) is 0 Å². The standard InChI is InChI=1S/C21H14ClN3O4S/c22-14-6-16-17(29-11-28-16)7-15(14)24-18(26)8-25-10-23-20-19(21(25)27)13(9-30-20)12-4-2-1-3-5-12/h1-7,9-10H,8,11H2,(H,24,26). The first-order valence-corrected chi connectivity index (χ1v) is 10.3. The first-order chi connectivity index (χ1) is 14.6. The molecule has 1 amide bonds. The van der Waals surface area contributed by atoms with E-state index in [0.29, 0.717) is 32.4 Å². The SMILES string of the molecule is O=C(Cn1cnc2scc(-c3ccccc3)c2c1=O)Nc1cc2c(cc1Cl)OCO2. The number of ether oxygens (including phenoxy) is 2. The molecule has 2 aromatic heterocycles. The Balaban J connectivity index is 1.44. The lowest BCUT2D eigenvalue weighted by molar-refractivity contribution is -0.116. The molecule has 0 unspecified atom stereocenters. The van der Waals surface area contributed by atoms with E-state index in [1.54, 1.807) is 12.1 Å². The second-order valence-corrected chi connectivity index (χ2v) is 7.87. The number of fused-ring (bicyclic) bond motifs is 2. The second kappa shape index (κ2) is 7.47. The Hall–Kier alpha value is -3.36. The van der Waals surface area contributed by atoms with Gasteiger partial charge in [-0.2, -0.15) is 0 Å². The fourth-order valence-corrected chi connectivity index (χ4v) is 4.38. The number of hydrogen-bond acceptors (Lipinski definition) is 6. The molecule has 4 aromatic rings. The molecule has 0 radical (unpaired) electrons. The summed E-state index contributed by atoms with van der Waals surface area (Å²) in [4.78, 5) is 30.7. The van der Waals surface area contributed by atoms with Gasteiger partial charge in [-0.1, -0.05) is 41.9 Å². The van der Waals surface area contributed by atoms with Crippen LogP contribution < -0.4 is 20.3 Å². The lowest BCUT2D eigenvalue weighted by Crippen LogP contribution is -2.27. The third-order valence-corrected chi connectivity index (χ3v) is 5.89. The maximum Gasteiger partial charge on any atom is 0.263 e. The number of carbonyl (C=O) groups excluding carboxylic acids is 1. The molecule has 0 atom stereocenters. The number of nitrogens with one attached hydrogen (secondary N) is 1. The molecule has 1 aliphatic rings. The number of benzene rings is 2. The van der Waals surface area contributed by atoms with Crippen LogP contribution in [-0.2, 0) is 11.3 Å². The van der Waals surface area contributed by atoms with Gasteiger partial charge in [-0.3, -0.25) is 14.2 Å². The van der Waals surface area contributed by atoms with Gasteiger partial charge in [-0.15, -0.1) is 11.3 Å². The highest BCUT2D eigenvalue weighted by molar-refractivity contribution is 7.17. The van der Waals surface area contributed by atoms with Crippen molar-refractivity contribution in [3.63, 3.8) is 0 Å². The van der Waals surface area contributed by atoms with Gasteiger partial charge in [0.05, 0.1) is 22.4 Å². The Bertz CT molecular complexity index is 1330. The maximum absolute atomic E-state index is 13.1. The van der Waals surface area contributed by atoms with Crippen molar-refractivity contribution in [2.24, 2.45) is 0 Å². The Labute approximate surface area is 179 Å². The summed E-state index contributed by atoms with van der Waals surface area (Å²) in [5.41, 5.74) is 1.85. The molecular formula is C21H14ClN3O4S. The number of anilines is 1. The molecule has 0 fully saturated rings. The fourth-order valence-electron chi connectivity index (χ4n) is 3.27. The lowest BCUT2D eigenvalue weighted by Gasteiger charge is -2.10. The van der Waals surface area contributed by atoms with E-state index in [0.717, 1.165) is 11.1 Å². The van der Waals surface area contributed by atoms with Gasteiger partial charge in [0.25, 0.3) is 5.56 Å². The fraction of sp³-hybridized carbons (Fsp3) is 0.0952. The van der Waals surface area contributed by atoms with Gasteiger partial charge in [0, 0.05) is 23.1 Å². The Morgan fingerprint density at radius 3 is 2.77 bits per heavy atom. The third-order valence-electron chi connectivity index (χ3n) is 4.70. The smallest absolute Gasteiger partial charge is 0.263 e. The minimum atomic E-state index is -0.407. The third kappa shape index (κ3) is 3.30. The molecule has 30 heavy (non-hydrogen) atoms. The van der Waals surface area contributed by atoms with Gasteiger partial charge in [-0.05, 0) is 5.56 Å². The number of thiophene rings is 1. The average Bonchev–Trinajstić information content (AvgIpc) is 3.38. The lowest BCUT2D eigenvalue weighted by atomic mass is 10.1. The van der Waals surface area contributed by atoms with Crippen LogP contribution in [0.15, 0.2) is 59.0 Å². The molecule has 150 valence electrons. The van der Waals surface area contributed by atoms with E-state index in [9.17, 15) is 9.59 Å². The van der Waals surface area contributed by atoms with E-state index >= 15 is 0 Å². The van der Waals surface area contributed by atoms with E-state index in [2.05, 4.69) is 10.3 Å². The molecule has 9 heteroatoms. The monoisotopic (exact) mass is 439 g/mol. The molecule has 0 saturated carbocycles. The number of nitrogens with zero attached hydrogens (tertiary/aromatic N) is 2. The van der Waals surface area contributed by atoms with Crippen molar-refractivity contribution in [3.05, 3.63) is 69.5 Å². The van der Waals surface area contributed by atoms with Crippen LogP contribution in [0.2, 0.25) is 5.02 Å². The number of aromatic nitrogens is 2. The van der Waals surface area contributed by atoms with Crippen molar-refractivity contribution in [3.8, 4) is 22.6 Å². The second-order valence-electron chi connectivity index (χ2n) is 6.61. The summed E-state index contributed by atoms with van der Waals surface area (Å²) < 4.78 is 11.9. The highest BCUT2D eigenvalue weighted by Crippen LogP contribution is 2.39. The molecule has 1 N–H and O–H groups in total. The Kier molecular flexibility index (Phi) is 4.65. The molecule has 7 nitrogen and oxygen atoms in total. The highest BCUT2D eigenvalue weighted by Gasteiger charge is 2.19. The Morgan fingerprint density at radius 2 is 1.97 bits per heavy atom. The molecule has 1 aliphatic heterocycles. The first kappa shape index (κ1) is 18.7. The van der Waals surface area contributed by atoms with E-state index < -0.39 is 5.91 Å². The van der Waals surface area contributed by atoms with Gasteiger partial charge in [0.1, 0.15) is 11.4 Å². The molecule has 0 saturated heterocycles. The highest BCUT2D eigenvalue weighted by atomic mass is 35.5. The van der Waals surface area contributed by atoms with Crippen LogP contribution >= 0.6 is 22.9 Å². The molecule has 0 aliphatic carbocycles. The molecule has 5 rings (SSSR count). The zero-order valence-electron chi connectivity index (χ0n) is 15.4. The van der Waals surface area contributed by atoms with Crippen molar-refractivity contribution in [1.82, 2.24) is 9.55 Å². The largest absolute Gasteiger partial charge is 0.454 e. The number of hydrogen-bond donors (Lipinski definition) is 1. The summed E-state index contributed by atoms with van der Waals surface area (Å²) in [5.74, 6) is 0.617. The molecular weight excluding hydrogens is 426 g/mol. The number of halogens is 1. The molecule has 3 heterocycles. The van der Waals surface area contributed by atoms with E-state index in [4.69, 9.17) is 21.1 Å². The van der Waals surface area contributed by atoms with E-state index in [-0.39, 0.29) is 18.9 Å². The van der Waals surface area contributed by atoms with Gasteiger partial charge in [0.15, 0.2) is 11.5 Å². The Morgan fingerprint density at radius 1 is 1.20 bits per heavy atom. The number of carbonyl (C=O) groups is 1. The van der Waals surface area contributed by atoms with Crippen LogP contribution in [0.1, 0.15) is 0 Å². The summed E-state index contributed by atoms with van der Waals surface area (Å²) in [5, 5.41) is 5.44. The average molecular weight is 440 g/mol. The van der Waals surface area contributed by atoms with E-state index in [1.165, 1.54) is 22.2 Å². The predicted octanol–water partition coefficient (Wildman–Crippen LogP) is 4.15. The summed E-state index contributed by atoms with van der Waals surface area (Å²) in [6.07, 6.45) is 1.39. The first-order valence-electron chi connectivity index (χ1n) is 9.01. The predicted molar refractivity (Wildman–Crippen MR) is 116 cm³/mol. The van der Waals surface area contributed by atoms with Crippen molar-refractivity contribution in [2.45, 2.75) is 6.54 Å². The van der Waals surface area contributed by atoms with Crippen LogP contribution in [0.5, 0.6) is 11.5 Å². The summed E-state index contributed by atoms with van der Waals surface area (Å²) in [6.45, 7) is -0.0921. The molecule has 0 spiro atoms. The van der Waals surface area contributed by atoms with Crippen molar-refractivity contribution < 1.29 is 14.3 Å². The van der Waals surface area contributed by atoms with Gasteiger partial charge < -0.3 is 14.8 Å². The van der Waals surface area contributed by atoms with Crippen LogP contribution in [0.25, 0.3) is 21.3 Å². The quantitative estimate of drug-likeness (QED) is 0.516. The van der Waals surface area contributed by atoms with Gasteiger partial charge in [0.2, 0.25) is 12.7 Å². The normalized spacial score (nSPS) is 12.3. The summed E-state index contributed by atoms with van der Waals surface area (Å²) in [7, 11) is 0. The van der Waals surface area contributed by atoms with Gasteiger partial charge in [-0.25, -0.2) is 4.98 Å². The summed E-state index contributed by atoms with van der Waals surface area (Å²) >= 11 is 7.61. The maximum atomic E-state index is 13.1. The molecule has 2 aromatic carbocycles. The minimum absolute atomic E-state index is 0.106. The van der Waals surface area contributed by atoms with Crippen LogP contribution in [-0.4, -0.2) is 22.3 Å². The van der Waals surface area contributed by atoms with Crippen molar-refractivity contribution in [2.75, 3.05) is 12.1 Å². The number of amides is 1. The minimum Gasteiger partial charge on any atom is -0.454 e. The van der Waals surface area contributed by atoms with E-state index in [1.807, 2.05) is 35.7 Å². The van der Waals surface area contributed by atoms with Crippen LogP contribution in [0.3, 0.4) is 0 Å². The van der Waals surface area contributed by atoms with Crippen LogP contribution in [0.4, 0.5) is 5.69 Å². The number of rotatable bonds is 4. The summed E-state index contributed by atoms with van der Waals surface area (Å²) in [6, 6.07) is 12.8. The zero-order chi connectivity index (χ0) is 20.7.